The SMILES string of the molecule is C[C@H](CCc1ncccc1C(F)(F)F)[C@H]1CC[C@H]2[C@@H]3CC=C4C[C@@H](O)CC[C@]4(C)[C@H]3CC[C@]12C. The van der Waals surface area contributed by atoms with Gasteiger partial charge in [-0.05, 0) is 117 Å². The van der Waals surface area contributed by atoms with Gasteiger partial charge in [-0.1, -0.05) is 32.4 Å². The van der Waals surface area contributed by atoms with E-state index in [0.29, 0.717) is 30.1 Å². The van der Waals surface area contributed by atoms with Crippen molar-refractivity contribution in [1.82, 2.24) is 4.98 Å². The number of hydrogen-bond acceptors (Lipinski definition) is 2. The second kappa shape index (κ2) is 8.64. The summed E-state index contributed by atoms with van der Waals surface area (Å²) >= 11 is 0. The van der Waals surface area contributed by atoms with Gasteiger partial charge in [-0.3, -0.25) is 4.98 Å². The fourth-order valence-electron chi connectivity index (χ4n) is 9.08. The predicted molar refractivity (Wildman–Crippen MR) is 128 cm³/mol. The molecule has 0 bridgehead atoms. The zero-order valence-electron chi connectivity index (χ0n) is 20.9. The standard InChI is InChI=1S/C29H40F3NO/c1-18(6-11-26-25(29(30,31)32)5-4-16-33-26)22-9-10-23-21-8-7-19-17-20(34)12-14-27(19,2)24(21)13-15-28(22,23)3/h4-5,7,16,18,20-24,34H,6,8-15,17H2,1-3H3/t18-,20+,21+,22-,23+,24+,27+,28-/m1/s1. The molecule has 0 unspecified atom stereocenters. The van der Waals surface area contributed by atoms with Crippen LogP contribution < -0.4 is 0 Å². The molecule has 0 aliphatic heterocycles. The first kappa shape index (κ1) is 24.3. The number of halogens is 3. The highest BCUT2D eigenvalue weighted by atomic mass is 19.4. The Morgan fingerprint density at radius 2 is 1.91 bits per heavy atom. The van der Waals surface area contributed by atoms with Gasteiger partial charge in [0, 0.05) is 6.20 Å². The Balaban J connectivity index is 1.30. The second-order valence-corrected chi connectivity index (χ2v) is 12.4. The van der Waals surface area contributed by atoms with Gasteiger partial charge in [-0.25, -0.2) is 0 Å². The van der Waals surface area contributed by atoms with E-state index in [0.717, 1.165) is 44.1 Å². The summed E-state index contributed by atoms with van der Waals surface area (Å²) < 4.78 is 40.3. The third kappa shape index (κ3) is 3.94. The number of allylic oxidation sites excluding steroid dienone is 1. The number of alkyl halides is 3. The number of nitrogens with zero attached hydrogens (tertiary/aromatic N) is 1. The summed E-state index contributed by atoms with van der Waals surface area (Å²) in [5, 5.41) is 10.2. The van der Waals surface area contributed by atoms with Crippen LogP contribution in [-0.2, 0) is 12.6 Å². The highest BCUT2D eigenvalue weighted by Crippen LogP contribution is 2.67. The van der Waals surface area contributed by atoms with Gasteiger partial charge in [0.25, 0.3) is 0 Å². The Morgan fingerprint density at radius 1 is 1.12 bits per heavy atom. The highest BCUT2D eigenvalue weighted by molar-refractivity contribution is 5.26. The molecule has 0 radical (unpaired) electrons. The average molecular weight is 476 g/mol. The molecule has 0 saturated heterocycles. The number of aliphatic hydroxyl groups is 1. The maximum atomic E-state index is 13.4. The van der Waals surface area contributed by atoms with Gasteiger partial charge in [-0.2, -0.15) is 13.2 Å². The first-order chi connectivity index (χ1) is 16.0. The molecule has 8 atom stereocenters. The number of rotatable bonds is 4. The van der Waals surface area contributed by atoms with Crippen LogP contribution in [0.5, 0.6) is 0 Å². The van der Waals surface area contributed by atoms with Gasteiger partial charge in [0.15, 0.2) is 0 Å². The maximum absolute atomic E-state index is 13.4. The van der Waals surface area contributed by atoms with Crippen LogP contribution >= 0.6 is 0 Å². The van der Waals surface area contributed by atoms with Crippen molar-refractivity contribution in [3.8, 4) is 0 Å². The molecular weight excluding hydrogens is 435 g/mol. The van der Waals surface area contributed by atoms with E-state index in [1.807, 2.05) is 0 Å². The molecule has 4 aliphatic carbocycles. The lowest BCUT2D eigenvalue weighted by atomic mass is 9.47. The summed E-state index contributed by atoms with van der Waals surface area (Å²) in [6.45, 7) is 7.23. The lowest BCUT2D eigenvalue weighted by Crippen LogP contribution is -2.50. The molecule has 5 rings (SSSR count). The Bertz CT molecular complexity index is 942. The monoisotopic (exact) mass is 475 g/mol. The summed E-state index contributed by atoms with van der Waals surface area (Å²) in [4.78, 5) is 4.10. The Labute approximate surface area is 202 Å². The molecule has 1 N–H and O–H groups in total. The van der Waals surface area contributed by atoms with E-state index in [1.165, 1.54) is 43.5 Å². The van der Waals surface area contributed by atoms with E-state index in [9.17, 15) is 18.3 Å². The molecule has 188 valence electrons. The molecule has 0 amide bonds. The van der Waals surface area contributed by atoms with Gasteiger partial charge >= 0.3 is 6.18 Å². The normalized spacial score (nSPS) is 40.7. The van der Waals surface area contributed by atoms with E-state index in [4.69, 9.17) is 0 Å². The van der Waals surface area contributed by atoms with Crippen LogP contribution in [0.3, 0.4) is 0 Å². The van der Waals surface area contributed by atoms with Crippen LogP contribution in [0.15, 0.2) is 30.0 Å². The molecule has 3 saturated carbocycles. The zero-order valence-corrected chi connectivity index (χ0v) is 20.9. The number of aromatic nitrogens is 1. The first-order valence-electron chi connectivity index (χ1n) is 13.4. The highest BCUT2D eigenvalue weighted by Gasteiger charge is 2.59. The number of aliphatic hydroxyl groups excluding tert-OH is 1. The van der Waals surface area contributed by atoms with Crippen molar-refractivity contribution in [3.63, 3.8) is 0 Å². The molecule has 3 fully saturated rings. The van der Waals surface area contributed by atoms with Crippen LogP contribution in [0.2, 0.25) is 0 Å². The van der Waals surface area contributed by atoms with E-state index in [1.54, 1.807) is 0 Å². The number of aryl methyl sites for hydroxylation is 1. The van der Waals surface area contributed by atoms with E-state index in [-0.39, 0.29) is 22.6 Å². The van der Waals surface area contributed by atoms with Crippen molar-refractivity contribution in [2.24, 2.45) is 40.4 Å². The van der Waals surface area contributed by atoms with Crippen molar-refractivity contribution in [3.05, 3.63) is 41.2 Å². The third-order valence-electron chi connectivity index (χ3n) is 10.9. The molecular formula is C29H40F3NO. The number of fused-ring (bicyclic) bond motifs is 5. The lowest BCUT2D eigenvalue weighted by Gasteiger charge is -2.58. The van der Waals surface area contributed by atoms with Crippen LogP contribution in [0, 0.1) is 40.4 Å². The van der Waals surface area contributed by atoms with Crippen LogP contribution in [0.1, 0.15) is 89.8 Å². The zero-order chi connectivity index (χ0) is 24.3. The molecule has 1 aromatic rings. The van der Waals surface area contributed by atoms with Crippen LogP contribution in [-0.4, -0.2) is 16.2 Å². The number of hydrogen-bond donors (Lipinski definition) is 1. The summed E-state index contributed by atoms with van der Waals surface area (Å²) in [5.41, 5.74) is 1.67. The van der Waals surface area contributed by atoms with Crippen LogP contribution in [0.4, 0.5) is 13.2 Å². The van der Waals surface area contributed by atoms with Crippen molar-refractivity contribution in [2.45, 2.75) is 97.3 Å². The van der Waals surface area contributed by atoms with Crippen molar-refractivity contribution < 1.29 is 18.3 Å². The quantitative estimate of drug-likeness (QED) is 0.455. The van der Waals surface area contributed by atoms with Crippen molar-refractivity contribution >= 4 is 0 Å². The van der Waals surface area contributed by atoms with E-state index < -0.39 is 11.7 Å². The molecule has 5 heteroatoms. The van der Waals surface area contributed by atoms with E-state index in [2.05, 4.69) is 31.8 Å². The predicted octanol–water partition coefficient (Wildman–Crippen LogP) is 7.61. The van der Waals surface area contributed by atoms with Crippen LogP contribution in [0.25, 0.3) is 0 Å². The van der Waals surface area contributed by atoms with Gasteiger partial charge in [0.05, 0.1) is 17.4 Å². The molecule has 4 aliphatic rings. The Kier molecular flexibility index (Phi) is 6.18. The smallest absolute Gasteiger partial charge is 0.393 e. The van der Waals surface area contributed by atoms with Crippen molar-refractivity contribution in [1.29, 1.82) is 0 Å². The molecule has 0 spiro atoms. The molecule has 34 heavy (non-hydrogen) atoms. The largest absolute Gasteiger partial charge is 0.418 e. The second-order valence-electron chi connectivity index (χ2n) is 12.4. The minimum atomic E-state index is -4.34. The fourth-order valence-corrected chi connectivity index (χ4v) is 9.08. The first-order valence-corrected chi connectivity index (χ1v) is 13.4. The fraction of sp³-hybridized carbons (Fsp3) is 0.759. The molecule has 1 aromatic heterocycles. The summed E-state index contributed by atoms with van der Waals surface area (Å²) in [5.74, 6) is 3.11. The van der Waals surface area contributed by atoms with Crippen molar-refractivity contribution in [2.75, 3.05) is 0 Å². The molecule has 0 aromatic carbocycles. The minimum absolute atomic E-state index is 0.168. The summed E-state index contributed by atoms with van der Waals surface area (Å²) in [6, 6.07) is 2.55. The maximum Gasteiger partial charge on any atom is 0.418 e. The summed E-state index contributed by atoms with van der Waals surface area (Å²) in [6.07, 6.45) is 9.59. The van der Waals surface area contributed by atoms with Gasteiger partial charge < -0.3 is 5.11 Å². The van der Waals surface area contributed by atoms with Gasteiger partial charge in [0.2, 0.25) is 0 Å². The Hall–Kier alpha value is -1.36. The van der Waals surface area contributed by atoms with E-state index >= 15 is 0 Å². The van der Waals surface area contributed by atoms with Gasteiger partial charge in [-0.15, -0.1) is 0 Å². The minimum Gasteiger partial charge on any atom is -0.393 e. The summed E-state index contributed by atoms with van der Waals surface area (Å²) in [7, 11) is 0. The topological polar surface area (TPSA) is 33.1 Å². The third-order valence-corrected chi connectivity index (χ3v) is 10.9. The molecule has 2 nitrogen and oxygen atoms in total. The number of pyridine rings is 1. The molecule has 1 heterocycles. The average Bonchev–Trinajstić information content (AvgIpc) is 3.15. The van der Waals surface area contributed by atoms with Gasteiger partial charge in [0.1, 0.15) is 0 Å². The Morgan fingerprint density at radius 3 is 2.68 bits per heavy atom. The lowest BCUT2D eigenvalue weighted by molar-refractivity contribution is -0.138.